The predicted molar refractivity (Wildman–Crippen MR) is 42.5 cm³/mol. The van der Waals surface area contributed by atoms with Crippen molar-refractivity contribution in [2.24, 2.45) is 5.92 Å². The van der Waals surface area contributed by atoms with Crippen molar-refractivity contribution in [1.29, 1.82) is 0 Å². The Morgan fingerprint density at radius 3 is 2.36 bits per heavy atom. The Bertz CT molecular complexity index is 329. The zero-order valence-electron chi connectivity index (χ0n) is 7.01. The first-order chi connectivity index (χ1) is 6.43. The molecule has 1 aliphatic rings. The third kappa shape index (κ3) is 1.80. The average Bonchev–Trinajstić information content (AvgIpc) is 2.02. The van der Waals surface area contributed by atoms with Gasteiger partial charge in [-0.25, -0.2) is 4.79 Å². The Kier molecular flexibility index (Phi) is 2.66. The van der Waals surface area contributed by atoms with E-state index >= 15 is 0 Å². The quantitative estimate of drug-likeness (QED) is 0.494. The molecule has 0 radical (unpaired) electrons. The van der Waals surface area contributed by atoms with Crippen LogP contribution in [0.15, 0.2) is 11.6 Å². The van der Waals surface area contributed by atoms with E-state index in [1.165, 1.54) is 0 Å². The largest absolute Gasteiger partial charge is 0.481 e. The third-order valence-corrected chi connectivity index (χ3v) is 1.97. The molecule has 0 aromatic carbocycles. The zero-order valence-corrected chi connectivity index (χ0v) is 7.01. The summed E-state index contributed by atoms with van der Waals surface area (Å²) in [4.78, 5) is 32.0. The summed E-state index contributed by atoms with van der Waals surface area (Å²) in [7, 11) is 0. The molecule has 76 valence electrons. The number of carboxylic acid groups (broad SMARTS) is 2. The van der Waals surface area contributed by atoms with Crippen molar-refractivity contribution in [2.75, 3.05) is 0 Å². The van der Waals surface area contributed by atoms with E-state index in [-0.39, 0.29) is 0 Å². The second-order valence-electron chi connectivity index (χ2n) is 2.94. The molecule has 0 amide bonds. The van der Waals surface area contributed by atoms with Crippen LogP contribution in [0.5, 0.6) is 0 Å². The summed E-state index contributed by atoms with van der Waals surface area (Å²) in [5.74, 6) is -4.88. The highest BCUT2D eigenvalue weighted by Gasteiger charge is 2.35. The van der Waals surface area contributed by atoms with Gasteiger partial charge in [0.1, 0.15) is 5.92 Å². The summed E-state index contributed by atoms with van der Waals surface area (Å²) in [5, 5.41) is 26.3. The second-order valence-corrected chi connectivity index (χ2v) is 2.94. The minimum Gasteiger partial charge on any atom is -0.481 e. The maximum Gasteiger partial charge on any atom is 0.339 e. The fourth-order valence-electron chi connectivity index (χ4n) is 1.24. The second kappa shape index (κ2) is 3.59. The molecule has 0 saturated carbocycles. The van der Waals surface area contributed by atoms with Gasteiger partial charge in [0.25, 0.3) is 0 Å². The lowest BCUT2D eigenvalue weighted by Crippen LogP contribution is -2.35. The average molecular weight is 200 g/mol. The number of carboxylic acids is 2. The van der Waals surface area contributed by atoms with E-state index in [1.807, 2.05) is 0 Å². The number of carbonyl (C=O) groups is 3. The number of Topliss-reactive ketones (excluding diaryl/α,β-unsaturated/α-hetero) is 1. The van der Waals surface area contributed by atoms with E-state index in [0.717, 1.165) is 6.08 Å². The predicted octanol–water partition coefficient (Wildman–Crippen LogP) is -0.968. The minimum atomic E-state index is -1.46. The van der Waals surface area contributed by atoms with E-state index in [0.29, 0.717) is 0 Å². The highest BCUT2D eigenvalue weighted by Crippen LogP contribution is 2.21. The van der Waals surface area contributed by atoms with Gasteiger partial charge in [-0.2, -0.15) is 0 Å². The molecule has 1 rings (SSSR count). The molecular weight excluding hydrogens is 192 g/mol. The van der Waals surface area contributed by atoms with E-state index in [4.69, 9.17) is 10.2 Å². The normalized spacial score (nSPS) is 26.9. The SMILES string of the molecule is O=C(O)C1=CC(C(=O)O)C(O)CC1=O. The van der Waals surface area contributed by atoms with Crippen LogP contribution in [0, 0.1) is 5.92 Å². The summed E-state index contributed by atoms with van der Waals surface area (Å²) in [6, 6.07) is 0. The van der Waals surface area contributed by atoms with Crippen molar-refractivity contribution >= 4 is 17.7 Å². The van der Waals surface area contributed by atoms with E-state index < -0.39 is 41.7 Å². The summed E-state index contributed by atoms with van der Waals surface area (Å²) in [6.07, 6.45) is -1.03. The Hall–Kier alpha value is -1.69. The monoisotopic (exact) mass is 200 g/mol. The highest BCUT2D eigenvalue weighted by molar-refractivity contribution is 6.17. The number of aliphatic hydroxyl groups excluding tert-OH is 1. The lowest BCUT2D eigenvalue weighted by Gasteiger charge is -2.20. The number of aliphatic hydroxyl groups is 1. The van der Waals surface area contributed by atoms with Gasteiger partial charge in [0, 0.05) is 6.42 Å². The molecule has 0 aliphatic heterocycles. The number of aliphatic carboxylic acids is 2. The van der Waals surface area contributed by atoms with Crippen LogP contribution in [0.25, 0.3) is 0 Å². The maximum atomic E-state index is 11.0. The van der Waals surface area contributed by atoms with Crippen molar-refractivity contribution in [3.8, 4) is 0 Å². The molecule has 0 bridgehead atoms. The lowest BCUT2D eigenvalue weighted by molar-refractivity contribution is -0.144. The maximum absolute atomic E-state index is 11.0. The van der Waals surface area contributed by atoms with Gasteiger partial charge in [0.05, 0.1) is 11.7 Å². The van der Waals surface area contributed by atoms with Gasteiger partial charge < -0.3 is 15.3 Å². The van der Waals surface area contributed by atoms with Crippen molar-refractivity contribution in [3.63, 3.8) is 0 Å². The van der Waals surface area contributed by atoms with Crippen LogP contribution in [0.3, 0.4) is 0 Å². The Labute approximate surface area is 78.5 Å². The van der Waals surface area contributed by atoms with Gasteiger partial charge in [-0.1, -0.05) is 0 Å². The Morgan fingerprint density at radius 2 is 1.93 bits per heavy atom. The molecule has 6 heteroatoms. The van der Waals surface area contributed by atoms with Gasteiger partial charge in [0.2, 0.25) is 0 Å². The van der Waals surface area contributed by atoms with E-state index in [9.17, 15) is 19.5 Å². The molecule has 2 unspecified atom stereocenters. The van der Waals surface area contributed by atoms with Crippen LogP contribution >= 0.6 is 0 Å². The van der Waals surface area contributed by atoms with Crippen molar-refractivity contribution in [1.82, 2.24) is 0 Å². The summed E-state index contributed by atoms with van der Waals surface area (Å²) in [5.41, 5.74) is -0.567. The molecule has 3 N–H and O–H groups in total. The smallest absolute Gasteiger partial charge is 0.339 e. The van der Waals surface area contributed by atoms with E-state index in [2.05, 4.69) is 0 Å². The van der Waals surface area contributed by atoms with Gasteiger partial charge >= 0.3 is 11.9 Å². The third-order valence-electron chi connectivity index (χ3n) is 1.97. The first kappa shape index (κ1) is 10.4. The molecule has 2 atom stereocenters. The molecule has 14 heavy (non-hydrogen) atoms. The van der Waals surface area contributed by atoms with Crippen LogP contribution in [-0.2, 0) is 14.4 Å². The topological polar surface area (TPSA) is 112 Å². The van der Waals surface area contributed by atoms with Crippen LogP contribution < -0.4 is 0 Å². The molecule has 0 heterocycles. The first-order valence-corrected chi connectivity index (χ1v) is 3.82. The highest BCUT2D eigenvalue weighted by atomic mass is 16.4. The van der Waals surface area contributed by atoms with Crippen LogP contribution in [0.2, 0.25) is 0 Å². The molecule has 0 saturated heterocycles. The van der Waals surface area contributed by atoms with Gasteiger partial charge in [0.15, 0.2) is 5.78 Å². The van der Waals surface area contributed by atoms with Gasteiger partial charge in [-0.15, -0.1) is 0 Å². The molecule has 1 aliphatic carbocycles. The zero-order chi connectivity index (χ0) is 10.9. The molecular formula is C8H8O6. The van der Waals surface area contributed by atoms with Crippen LogP contribution in [0.4, 0.5) is 0 Å². The summed E-state index contributed by atoms with van der Waals surface area (Å²) in [6.45, 7) is 0. The van der Waals surface area contributed by atoms with Crippen LogP contribution in [-0.4, -0.2) is 39.1 Å². The van der Waals surface area contributed by atoms with Gasteiger partial charge in [-0.05, 0) is 6.08 Å². The minimum absolute atomic E-state index is 0.463. The molecule has 0 aromatic rings. The molecule has 0 fully saturated rings. The summed E-state index contributed by atoms with van der Waals surface area (Å²) < 4.78 is 0. The number of hydrogen-bond donors (Lipinski definition) is 3. The molecule has 6 nitrogen and oxygen atoms in total. The Morgan fingerprint density at radius 1 is 1.36 bits per heavy atom. The number of hydrogen-bond acceptors (Lipinski definition) is 4. The lowest BCUT2D eigenvalue weighted by atomic mass is 9.87. The number of rotatable bonds is 2. The van der Waals surface area contributed by atoms with Crippen molar-refractivity contribution < 1.29 is 29.7 Å². The van der Waals surface area contributed by atoms with Crippen LogP contribution in [0.1, 0.15) is 6.42 Å². The molecule has 0 aromatic heterocycles. The molecule has 0 spiro atoms. The number of carbonyl (C=O) groups excluding carboxylic acids is 1. The summed E-state index contributed by atoms with van der Waals surface area (Å²) >= 11 is 0. The van der Waals surface area contributed by atoms with Crippen molar-refractivity contribution in [2.45, 2.75) is 12.5 Å². The standard InChI is InChI=1S/C8H8O6/c9-5-2-6(10)4(8(13)14)1-3(5)7(11)12/h1,3,5,9H,2H2,(H,11,12)(H,13,14). The van der Waals surface area contributed by atoms with Crippen molar-refractivity contribution in [3.05, 3.63) is 11.6 Å². The fraction of sp³-hybridized carbons (Fsp3) is 0.375. The fourth-order valence-corrected chi connectivity index (χ4v) is 1.24. The van der Waals surface area contributed by atoms with E-state index in [1.54, 1.807) is 0 Å². The van der Waals surface area contributed by atoms with Gasteiger partial charge in [-0.3, -0.25) is 9.59 Å². The first-order valence-electron chi connectivity index (χ1n) is 3.82. The number of ketones is 1. The Balaban J connectivity index is 3.05.